The van der Waals surface area contributed by atoms with Crippen LogP contribution in [0, 0.1) is 0 Å². The molecular weight excluding hydrogens is 256 g/mol. The molecule has 0 bridgehead atoms. The third-order valence-electron chi connectivity index (χ3n) is 2.57. The lowest BCUT2D eigenvalue weighted by Gasteiger charge is -2.07. The highest BCUT2D eigenvalue weighted by Gasteiger charge is 2.05. The summed E-state index contributed by atoms with van der Waals surface area (Å²) in [6.45, 7) is 0.0546. The SMILES string of the molecule is O=[C]c1ccc(OCC(=O)OCc2ccccc2)cc1. The molecule has 20 heavy (non-hydrogen) atoms. The van der Waals surface area contributed by atoms with E-state index in [9.17, 15) is 9.59 Å². The van der Waals surface area contributed by atoms with Crippen molar-refractivity contribution in [2.75, 3.05) is 6.61 Å². The van der Waals surface area contributed by atoms with E-state index < -0.39 is 5.97 Å². The summed E-state index contributed by atoms with van der Waals surface area (Å²) in [5.74, 6) is 0.0561. The molecule has 0 saturated carbocycles. The van der Waals surface area contributed by atoms with Gasteiger partial charge in [0.1, 0.15) is 12.4 Å². The van der Waals surface area contributed by atoms with E-state index in [0.717, 1.165) is 5.56 Å². The van der Waals surface area contributed by atoms with Gasteiger partial charge < -0.3 is 9.47 Å². The van der Waals surface area contributed by atoms with Crippen LogP contribution < -0.4 is 4.74 Å². The zero-order valence-electron chi connectivity index (χ0n) is 10.7. The number of hydrogen-bond donors (Lipinski definition) is 0. The molecule has 2 aromatic carbocycles. The average Bonchev–Trinajstić information content (AvgIpc) is 2.52. The molecule has 0 N–H and O–H groups in total. The summed E-state index contributed by atoms with van der Waals surface area (Å²) in [5.41, 5.74) is 1.36. The summed E-state index contributed by atoms with van der Waals surface area (Å²) in [7, 11) is 0. The van der Waals surface area contributed by atoms with Crippen LogP contribution in [-0.4, -0.2) is 18.9 Å². The first kappa shape index (κ1) is 13.8. The molecule has 0 fully saturated rings. The fourth-order valence-electron chi connectivity index (χ4n) is 1.54. The Bertz CT molecular complexity index is 561. The third kappa shape index (κ3) is 4.24. The van der Waals surface area contributed by atoms with Gasteiger partial charge >= 0.3 is 5.97 Å². The molecule has 2 aromatic rings. The third-order valence-corrected chi connectivity index (χ3v) is 2.57. The van der Waals surface area contributed by atoms with E-state index in [1.54, 1.807) is 30.6 Å². The maximum atomic E-state index is 11.5. The van der Waals surface area contributed by atoms with Gasteiger partial charge in [-0.25, -0.2) is 4.79 Å². The Morgan fingerprint density at radius 2 is 1.70 bits per heavy atom. The van der Waals surface area contributed by atoms with Crippen molar-refractivity contribution in [3.63, 3.8) is 0 Å². The van der Waals surface area contributed by atoms with E-state index in [2.05, 4.69) is 0 Å². The second-order valence-corrected chi connectivity index (χ2v) is 4.06. The van der Waals surface area contributed by atoms with Crippen LogP contribution in [0.15, 0.2) is 54.6 Å². The fourth-order valence-corrected chi connectivity index (χ4v) is 1.54. The number of benzene rings is 2. The highest BCUT2D eigenvalue weighted by Crippen LogP contribution is 2.11. The molecule has 0 saturated heterocycles. The number of esters is 1. The number of hydrogen-bond acceptors (Lipinski definition) is 4. The van der Waals surface area contributed by atoms with Gasteiger partial charge in [-0.05, 0) is 29.8 Å². The van der Waals surface area contributed by atoms with Crippen LogP contribution in [0.2, 0.25) is 0 Å². The van der Waals surface area contributed by atoms with E-state index in [0.29, 0.717) is 11.3 Å². The van der Waals surface area contributed by atoms with Gasteiger partial charge in [-0.2, -0.15) is 0 Å². The number of carbonyl (C=O) groups excluding carboxylic acids is 2. The molecule has 4 nitrogen and oxygen atoms in total. The topological polar surface area (TPSA) is 52.6 Å². The van der Waals surface area contributed by atoms with Gasteiger partial charge in [0.25, 0.3) is 0 Å². The van der Waals surface area contributed by atoms with Crippen LogP contribution in [0.5, 0.6) is 5.75 Å². The van der Waals surface area contributed by atoms with Crippen LogP contribution in [0.25, 0.3) is 0 Å². The normalized spacial score (nSPS) is 9.80. The summed E-state index contributed by atoms with van der Waals surface area (Å²) < 4.78 is 10.3. The van der Waals surface area contributed by atoms with Crippen molar-refractivity contribution in [2.45, 2.75) is 6.61 Å². The minimum atomic E-state index is -0.445. The Balaban J connectivity index is 1.75. The first-order valence-corrected chi connectivity index (χ1v) is 6.08. The molecular formula is C16H13O4. The number of rotatable bonds is 6. The zero-order valence-corrected chi connectivity index (χ0v) is 10.7. The first-order valence-electron chi connectivity index (χ1n) is 6.08. The summed E-state index contributed by atoms with van der Waals surface area (Å²) in [4.78, 5) is 21.9. The maximum absolute atomic E-state index is 11.5. The Labute approximate surface area is 116 Å². The highest BCUT2D eigenvalue weighted by molar-refractivity contribution is 5.75. The largest absolute Gasteiger partial charge is 0.482 e. The second kappa shape index (κ2) is 7.09. The van der Waals surface area contributed by atoms with Gasteiger partial charge in [0.2, 0.25) is 6.29 Å². The predicted octanol–water partition coefficient (Wildman–Crippen LogP) is 2.27. The fraction of sp³-hybridized carbons (Fsp3) is 0.125. The molecule has 0 aliphatic carbocycles. The smallest absolute Gasteiger partial charge is 0.344 e. The van der Waals surface area contributed by atoms with E-state index in [1.807, 2.05) is 30.3 Å². The standard InChI is InChI=1S/C16H13O4/c17-10-13-6-8-15(9-7-13)19-12-16(18)20-11-14-4-2-1-3-5-14/h1-9H,11-12H2. The summed E-state index contributed by atoms with van der Waals surface area (Å²) in [6.07, 6.45) is 1.76. The van der Waals surface area contributed by atoms with Crippen LogP contribution in [0.3, 0.4) is 0 Å². The Kier molecular flexibility index (Phi) is 4.89. The highest BCUT2D eigenvalue weighted by atomic mass is 16.6. The lowest BCUT2D eigenvalue weighted by molar-refractivity contribution is -0.147. The molecule has 0 heterocycles. The van der Waals surface area contributed by atoms with E-state index in [1.165, 1.54) is 0 Å². The minimum absolute atomic E-state index is 0.170. The van der Waals surface area contributed by atoms with Crippen molar-refractivity contribution >= 4 is 12.3 Å². The van der Waals surface area contributed by atoms with Crippen LogP contribution >= 0.6 is 0 Å². The van der Waals surface area contributed by atoms with E-state index >= 15 is 0 Å². The van der Waals surface area contributed by atoms with Crippen molar-refractivity contribution in [3.05, 3.63) is 65.7 Å². The maximum Gasteiger partial charge on any atom is 0.344 e. The van der Waals surface area contributed by atoms with E-state index in [-0.39, 0.29) is 13.2 Å². The molecule has 0 aliphatic heterocycles. The minimum Gasteiger partial charge on any atom is -0.482 e. The summed E-state index contributed by atoms with van der Waals surface area (Å²) >= 11 is 0. The molecule has 2 rings (SSSR count). The first-order chi connectivity index (χ1) is 9.78. The lowest BCUT2D eigenvalue weighted by Crippen LogP contribution is -2.14. The number of carbonyl (C=O) groups is 1. The Morgan fingerprint density at radius 3 is 2.35 bits per heavy atom. The summed E-state index contributed by atoms with van der Waals surface area (Å²) in [5, 5.41) is 0. The molecule has 0 atom stereocenters. The molecule has 101 valence electrons. The monoisotopic (exact) mass is 269 g/mol. The van der Waals surface area contributed by atoms with Gasteiger partial charge in [-0.15, -0.1) is 0 Å². The number of ether oxygens (including phenoxy) is 2. The van der Waals surface area contributed by atoms with Crippen LogP contribution in [0.1, 0.15) is 11.1 Å². The molecule has 0 aliphatic rings. The van der Waals surface area contributed by atoms with Gasteiger partial charge in [0.05, 0.1) is 0 Å². The van der Waals surface area contributed by atoms with Crippen molar-refractivity contribution in [1.82, 2.24) is 0 Å². The molecule has 0 unspecified atom stereocenters. The van der Waals surface area contributed by atoms with Crippen molar-refractivity contribution in [2.24, 2.45) is 0 Å². The van der Waals surface area contributed by atoms with Gasteiger partial charge in [-0.3, -0.25) is 4.79 Å². The van der Waals surface area contributed by atoms with Crippen LogP contribution in [-0.2, 0) is 20.9 Å². The second-order valence-electron chi connectivity index (χ2n) is 4.06. The van der Waals surface area contributed by atoms with Gasteiger partial charge in [0.15, 0.2) is 6.61 Å². The van der Waals surface area contributed by atoms with Gasteiger partial charge in [0, 0.05) is 5.56 Å². The zero-order chi connectivity index (χ0) is 14.2. The molecule has 1 radical (unpaired) electrons. The quantitative estimate of drug-likeness (QED) is 0.755. The predicted molar refractivity (Wildman–Crippen MR) is 73.0 cm³/mol. The summed E-state index contributed by atoms with van der Waals surface area (Å²) in [6, 6.07) is 15.8. The Morgan fingerprint density at radius 1 is 1.00 bits per heavy atom. The van der Waals surface area contributed by atoms with E-state index in [4.69, 9.17) is 9.47 Å². The van der Waals surface area contributed by atoms with Crippen molar-refractivity contribution in [3.8, 4) is 5.75 Å². The Hall–Kier alpha value is -2.62. The lowest BCUT2D eigenvalue weighted by atomic mass is 10.2. The van der Waals surface area contributed by atoms with Crippen molar-refractivity contribution < 1.29 is 19.1 Å². The average molecular weight is 269 g/mol. The molecule has 0 amide bonds. The van der Waals surface area contributed by atoms with Gasteiger partial charge in [-0.1, -0.05) is 30.3 Å². The van der Waals surface area contributed by atoms with Crippen molar-refractivity contribution in [1.29, 1.82) is 0 Å². The molecule has 0 aromatic heterocycles. The molecule has 4 heteroatoms. The molecule has 0 spiro atoms. The van der Waals surface area contributed by atoms with Crippen LogP contribution in [0.4, 0.5) is 0 Å².